The molecule has 1 aromatic carbocycles. The molecule has 2 N–H and O–H groups in total. The monoisotopic (exact) mass is 427 g/mol. The van der Waals surface area contributed by atoms with Crippen LogP contribution in [0, 0.1) is 5.82 Å². The maximum absolute atomic E-state index is 13.2. The molecule has 0 saturated heterocycles. The zero-order valence-electron chi connectivity index (χ0n) is 15.9. The van der Waals surface area contributed by atoms with Gasteiger partial charge in [-0.15, -0.1) is 10.2 Å². The molecule has 11 heteroatoms. The lowest BCUT2D eigenvalue weighted by molar-refractivity contribution is -0.119. The first kappa shape index (κ1) is 18.8. The summed E-state index contributed by atoms with van der Waals surface area (Å²) < 4.78 is 19.5. The number of halogens is 1. The van der Waals surface area contributed by atoms with Crippen molar-refractivity contribution in [1.82, 2.24) is 29.0 Å². The number of amides is 2. The molecule has 2 aromatic heterocycles. The molecule has 5 rings (SSSR count). The number of benzene rings is 1. The number of carbonyl (C=O) groups is 2. The van der Waals surface area contributed by atoms with Gasteiger partial charge in [-0.2, -0.15) is 4.37 Å². The lowest BCUT2D eigenvalue weighted by atomic mass is 10.1. The quantitative estimate of drug-likeness (QED) is 0.664. The van der Waals surface area contributed by atoms with Crippen LogP contribution in [0.1, 0.15) is 53.2 Å². The SMILES string of the molecule is NC(=O)CC1c2nnc(-c3nc(C4CC4)ns3)n2CCN1C(=O)c1ccc(F)cc1. The van der Waals surface area contributed by atoms with E-state index >= 15 is 0 Å². The maximum Gasteiger partial charge on any atom is 0.254 e. The fraction of sp³-hybridized carbons (Fsp3) is 0.368. The summed E-state index contributed by atoms with van der Waals surface area (Å²) in [5.74, 6) is 1.04. The lowest BCUT2D eigenvalue weighted by Crippen LogP contribution is -2.44. The van der Waals surface area contributed by atoms with E-state index in [9.17, 15) is 14.0 Å². The molecular weight excluding hydrogens is 409 g/mol. The van der Waals surface area contributed by atoms with E-state index in [0.717, 1.165) is 18.7 Å². The van der Waals surface area contributed by atoms with E-state index in [1.165, 1.54) is 35.8 Å². The minimum Gasteiger partial charge on any atom is -0.370 e. The van der Waals surface area contributed by atoms with Gasteiger partial charge in [0, 0.05) is 24.6 Å². The first-order valence-corrected chi connectivity index (χ1v) is 10.4. The Bertz CT molecular complexity index is 1120. The number of nitrogens with zero attached hydrogens (tertiary/aromatic N) is 6. The second kappa shape index (κ2) is 7.24. The average Bonchev–Trinajstić information content (AvgIpc) is 3.30. The third kappa shape index (κ3) is 3.34. The average molecular weight is 427 g/mol. The van der Waals surface area contributed by atoms with Gasteiger partial charge in [-0.1, -0.05) is 0 Å². The molecular formula is C19H18FN7O2S. The van der Waals surface area contributed by atoms with Gasteiger partial charge in [0.05, 0.1) is 6.42 Å². The van der Waals surface area contributed by atoms with E-state index in [4.69, 9.17) is 5.73 Å². The topological polar surface area (TPSA) is 120 Å². The van der Waals surface area contributed by atoms with Crippen molar-refractivity contribution in [1.29, 1.82) is 0 Å². The van der Waals surface area contributed by atoms with Gasteiger partial charge in [0.1, 0.15) is 17.7 Å². The van der Waals surface area contributed by atoms with Crippen molar-refractivity contribution in [2.45, 2.75) is 37.8 Å². The molecule has 1 aliphatic carbocycles. The van der Waals surface area contributed by atoms with Crippen molar-refractivity contribution >= 4 is 23.3 Å². The minimum atomic E-state index is -0.661. The Morgan fingerprint density at radius 1 is 1.17 bits per heavy atom. The minimum absolute atomic E-state index is 0.0888. The molecule has 0 radical (unpaired) electrons. The summed E-state index contributed by atoms with van der Waals surface area (Å²) in [5, 5.41) is 9.22. The zero-order chi connectivity index (χ0) is 20.8. The Morgan fingerprint density at radius 3 is 2.63 bits per heavy atom. The molecule has 1 aliphatic heterocycles. The summed E-state index contributed by atoms with van der Waals surface area (Å²) in [7, 11) is 0. The number of fused-ring (bicyclic) bond motifs is 1. The second-order valence-corrected chi connectivity index (χ2v) is 8.21. The predicted molar refractivity (Wildman–Crippen MR) is 105 cm³/mol. The zero-order valence-corrected chi connectivity index (χ0v) is 16.7. The Hall–Kier alpha value is -3.21. The van der Waals surface area contributed by atoms with Crippen molar-refractivity contribution < 1.29 is 14.0 Å². The first-order valence-electron chi connectivity index (χ1n) is 9.63. The smallest absolute Gasteiger partial charge is 0.254 e. The van der Waals surface area contributed by atoms with Gasteiger partial charge >= 0.3 is 0 Å². The molecule has 3 heterocycles. The van der Waals surface area contributed by atoms with Crippen LogP contribution in [0.2, 0.25) is 0 Å². The molecule has 154 valence electrons. The van der Waals surface area contributed by atoms with Crippen LogP contribution in [0.4, 0.5) is 4.39 Å². The number of carbonyl (C=O) groups excluding carboxylic acids is 2. The fourth-order valence-electron chi connectivity index (χ4n) is 3.67. The van der Waals surface area contributed by atoms with Crippen molar-refractivity contribution in [2.75, 3.05) is 6.54 Å². The largest absolute Gasteiger partial charge is 0.370 e. The molecule has 1 unspecified atom stereocenters. The van der Waals surface area contributed by atoms with Crippen LogP contribution in [0.5, 0.6) is 0 Å². The van der Waals surface area contributed by atoms with Crippen LogP contribution in [0.15, 0.2) is 24.3 Å². The highest BCUT2D eigenvalue weighted by Crippen LogP contribution is 2.40. The van der Waals surface area contributed by atoms with Gasteiger partial charge in [-0.05, 0) is 48.6 Å². The van der Waals surface area contributed by atoms with Gasteiger partial charge in [0.2, 0.25) is 5.91 Å². The van der Waals surface area contributed by atoms with Crippen molar-refractivity contribution in [2.24, 2.45) is 5.73 Å². The van der Waals surface area contributed by atoms with Crippen LogP contribution in [-0.4, -0.2) is 47.4 Å². The third-order valence-corrected chi connectivity index (χ3v) is 6.07. The molecule has 0 spiro atoms. The Balaban J connectivity index is 1.48. The lowest BCUT2D eigenvalue weighted by Gasteiger charge is -2.35. The van der Waals surface area contributed by atoms with Gasteiger partial charge in [-0.3, -0.25) is 9.59 Å². The van der Waals surface area contributed by atoms with Crippen molar-refractivity contribution in [3.63, 3.8) is 0 Å². The number of primary amides is 1. The van der Waals surface area contributed by atoms with Crippen molar-refractivity contribution in [3.05, 3.63) is 47.3 Å². The van der Waals surface area contributed by atoms with Crippen LogP contribution < -0.4 is 5.73 Å². The summed E-state index contributed by atoms with van der Waals surface area (Å²) in [4.78, 5) is 30.9. The molecule has 9 nitrogen and oxygen atoms in total. The highest BCUT2D eigenvalue weighted by Gasteiger charge is 2.37. The van der Waals surface area contributed by atoms with E-state index in [-0.39, 0.29) is 12.3 Å². The van der Waals surface area contributed by atoms with Gasteiger partial charge in [-0.25, -0.2) is 9.37 Å². The second-order valence-electron chi connectivity index (χ2n) is 7.46. The van der Waals surface area contributed by atoms with Gasteiger partial charge < -0.3 is 15.2 Å². The summed E-state index contributed by atoms with van der Waals surface area (Å²) in [6, 6.07) is 4.64. The van der Waals surface area contributed by atoms with E-state index in [2.05, 4.69) is 19.6 Å². The third-order valence-electron chi connectivity index (χ3n) is 5.34. The number of hydrogen-bond donors (Lipinski definition) is 1. The molecule has 1 saturated carbocycles. The summed E-state index contributed by atoms with van der Waals surface area (Å²) >= 11 is 1.28. The number of nitrogens with two attached hydrogens (primary N) is 1. The maximum atomic E-state index is 13.2. The fourth-order valence-corrected chi connectivity index (χ4v) is 4.41. The molecule has 0 bridgehead atoms. The number of hydrogen-bond acceptors (Lipinski definition) is 7. The van der Waals surface area contributed by atoms with Crippen LogP contribution in [-0.2, 0) is 11.3 Å². The van der Waals surface area contributed by atoms with E-state index in [1.807, 2.05) is 4.57 Å². The molecule has 1 atom stereocenters. The highest BCUT2D eigenvalue weighted by atomic mass is 32.1. The van der Waals surface area contributed by atoms with Crippen LogP contribution in [0.3, 0.4) is 0 Å². The molecule has 3 aromatic rings. The number of aromatic nitrogens is 5. The van der Waals surface area contributed by atoms with E-state index in [0.29, 0.717) is 41.2 Å². The summed E-state index contributed by atoms with van der Waals surface area (Å²) in [5.41, 5.74) is 5.79. The Morgan fingerprint density at radius 2 is 1.93 bits per heavy atom. The molecule has 2 amide bonds. The first-order chi connectivity index (χ1) is 14.5. The number of rotatable bonds is 5. The Kier molecular flexibility index (Phi) is 4.54. The molecule has 2 aliphatic rings. The standard InChI is InChI=1S/C19H18FN7O2S/c20-12-5-3-11(4-6-12)19(29)26-7-8-27-16(13(26)9-14(21)28)23-24-17(27)18-22-15(25-30-18)10-1-2-10/h3-6,10,13H,1-2,7-9H2,(H2,21,28). The van der Waals surface area contributed by atoms with Crippen LogP contribution in [0.25, 0.3) is 10.8 Å². The van der Waals surface area contributed by atoms with Gasteiger partial charge in [0.25, 0.3) is 5.91 Å². The Labute approximate surface area is 174 Å². The molecule has 1 fully saturated rings. The van der Waals surface area contributed by atoms with Crippen LogP contribution >= 0.6 is 11.5 Å². The molecule has 30 heavy (non-hydrogen) atoms. The normalized spacial score (nSPS) is 18.3. The predicted octanol–water partition coefficient (Wildman–Crippen LogP) is 1.89. The van der Waals surface area contributed by atoms with E-state index in [1.54, 1.807) is 4.90 Å². The van der Waals surface area contributed by atoms with E-state index < -0.39 is 17.8 Å². The van der Waals surface area contributed by atoms with Gasteiger partial charge in [0.15, 0.2) is 16.7 Å². The van der Waals surface area contributed by atoms with Crippen molar-refractivity contribution in [3.8, 4) is 10.8 Å². The summed E-state index contributed by atoms with van der Waals surface area (Å²) in [6.07, 6.45) is 2.12. The summed E-state index contributed by atoms with van der Waals surface area (Å²) in [6.45, 7) is 0.776. The highest BCUT2D eigenvalue weighted by molar-refractivity contribution is 7.09.